The van der Waals surface area contributed by atoms with Gasteiger partial charge in [0.25, 0.3) is 0 Å². The third-order valence-corrected chi connectivity index (χ3v) is 5.11. The van der Waals surface area contributed by atoms with Crippen LogP contribution in [0.5, 0.6) is 0 Å². The first-order valence-corrected chi connectivity index (χ1v) is 8.24. The quantitative estimate of drug-likeness (QED) is 0.835. The molecule has 0 aliphatic carbocycles. The summed E-state index contributed by atoms with van der Waals surface area (Å²) in [6, 6.07) is 11.3. The number of ether oxygens (including phenoxy) is 1. The van der Waals surface area contributed by atoms with Crippen molar-refractivity contribution in [2.45, 2.75) is 44.7 Å². The SMILES string of the molecule is CCC(C)(C(CCc1ccccc1)NC)N1CCOCC1. The molecule has 2 rings (SSSR count). The Balaban J connectivity index is 2.02. The van der Waals surface area contributed by atoms with E-state index < -0.39 is 0 Å². The highest BCUT2D eigenvalue weighted by molar-refractivity contribution is 5.15. The van der Waals surface area contributed by atoms with Gasteiger partial charge in [-0.25, -0.2) is 0 Å². The average molecular weight is 290 g/mol. The smallest absolute Gasteiger partial charge is 0.0594 e. The van der Waals surface area contributed by atoms with Gasteiger partial charge in [-0.15, -0.1) is 0 Å². The highest BCUT2D eigenvalue weighted by Crippen LogP contribution is 2.27. The number of rotatable bonds is 7. The highest BCUT2D eigenvalue weighted by atomic mass is 16.5. The van der Waals surface area contributed by atoms with E-state index >= 15 is 0 Å². The summed E-state index contributed by atoms with van der Waals surface area (Å²) in [6.07, 6.45) is 3.46. The van der Waals surface area contributed by atoms with Crippen molar-refractivity contribution in [2.75, 3.05) is 33.4 Å². The molecule has 21 heavy (non-hydrogen) atoms. The zero-order valence-electron chi connectivity index (χ0n) is 13.8. The minimum absolute atomic E-state index is 0.202. The summed E-state index contributed by atoms with van der Waals surface area (Å²) in [7, 11) is 2.10. The van der Waals surface area contributed by atoms with Crippen molar-refractivity contribution in [3.63, 3.8) is 0 Å². The summed E-state index contributed by atoms with van der Waals surface area (Å²) < 4.78 is 5.52. The van der Waals surface area contributed by atoms with Gasteiger partial charge in [0.05, 0.1) is 13.2 Å². The summed E-state index contributed by atoms with van der Waals surface area (Å²) in [5.74, 6) is 0. The number of likely N-dealkylation sites (N-methyl/N-ethyl adjacent to an activating group) is 1. The van der Waals surface area contributed by atoms with Gasteiger partial charge in [-0.3, -0.25) is 4.90 Å². The Morgan fingerprint density at radius 2 is 1.90 bits per heavy atom. The lowest BCUT2D eigenvalue weighted by Gasteiger charge is -2.48. The summed E-state index contributed by atoms with van der Waals surface area (Å²) in [5, 5.41) is 3.58. The van der Waals surface area contributed by atoms with Crippen LogP contribution in [0.2, 0.25) is 0 Å². The van der Waals surface area contributed by atoms with Crippen molar-refractivity contribution in [3.8, 4) is 0 Å². The molecule has 0 radical (unpaired) electrons. The van der Waals surface area contributed by atoms with Crippen LogP contribution in [-0.4, -0.2) is 49.8 Å². The van der Waals surface area contributed by atoms with Crippen LogP contribution in [0.3, 0.4) is 0 Å². The Hall–Kier alpha value is -0.900. The fourth-order valence-corrected chi connectivity index (χ4v) is 3.49. The molecule has 1 aliphatic heterocycles. The van der Waals surface area contributed by atoms with Crippen molar-refractivity contribution in [1.29, 1.82) is 0 Å². The van der Waals surface area contributed by atoms with Crippen molar-refractivity contribution in [1.82, 2.24) is 10.2 Å². The van der Waals surface area contributed by atoms with Gasteiger partial charge in [-0.1, -0.05) is 37.3 Å². The van der Waals surface area contributed by atoms with E-state index in [0.29, 0.717) is 6.04 Å². The van der Waals surface area contributed by atoms with Gasteiger partial charge in [0.15, 0.2) is 0 Å². The number of benzene rings is 1. The maximum absolute atomic E-state index is 5.52. The first-order valence-electron chi connectivity index (χ1n) is 8.24. The van der Waals surface area contributed by atoms with E-state index in [1.165, 1.54) is 12.0 Å². The average Bonchev–Trinajstić information content (AvgIpc) is 2.56. The second kappa shape index (κ2) is 7.92. The second-order valence-electron chi connectivity index (χ2n) is 6.18. The predicted octanol–water partition coefficient (Wildman–Crippen LogP) is 2.71. The second-order valence-corrected chi connectivity index (χ2v) is 6.18. The fourth-order valence-electron chi connectivity index (χ4n) is 3.49. The van der Waals surface area contributed by atoms with Gasteiger partial charge < -0.3 is 10.1 Å². The molecule has 1 fully saturated rings. The summed E-state index contributed by atoms with van der Waals surface area (Å²) in [5.41, 5.74) is 1.63. The number of hydrogen-bond donors (Lipinski definition) is 1. The minimum Gasteiger partial charge on any atom is -0.379 e. The third kappa shape index (κ3) is 4.06. The third-order valence-electron chi connectivity index (χ3n) is 5.11. The molecule has 2 atom stereocenters. The van der Waals surface area contributed by atoms with Crippen LogP contribution in [0, 0.1) is 0 Å². The molecule has 0 saturated carbocycles. The lowest BCUT2D eigenvalue weighted by atomic mass is 9.83. The number of hydrogen-bond acceptors (Lipinski definition) is 3. The Kier molecular flexibility index (Phi) is 6.22. The molecule has 1 N–H and O–H groups in total. The molecule has 2 unspecified atom stereocenters. The van der Waals surface area contributed by atoms with E-state index in [1.54, 1.807) is 0 Å². The Labute approximate surface area is 129 Å². The monoisotopic (exact) mass is 290 g/mol. The van der Waals surface area contributed by atoms with Crippen molar-refractivity contribution < 1.29 is 4.74 Å². The van der Waals surface area contributed by atoms with Gasteiger partial charge in [0.2, 0.25) is 0 Å². The first-order chi connectivity index (χ1) is 10.2. The minimum atomic E-state index is 0.202. The van der Waals surface area contributed by atoms with Gasteiger partial charge in [-0.05, 0) is 38.8 Å². The summed E-state index contributed by atoms with van der Waals surface area (Å²) in [6.45, 7) is 8.55. The molecule has 0 spiro atoms. The predicted molar refractivity (Wildman–Crippen MR) is 88.7 cm³/mol. The van der Waals surface area contributed by atoms with Crippen molar-refractivity contribution >= 4 is 0 Å². The van der Waals surface area contributed by atoms with Gasteiger partial charge in [0, 0.05) is 24.7 Å². The molecule has 1 aromatic carbocycles. The normalized spacial score (nSPS) is 20.9. The Morgan fingerprint density at radius 1 is 1.24 bits per heavy atom. The Bertz CT molecular complexity index is 403. The van der Waals surface area contributed by atoms with E-state index in [1.807, 2.05) is 0 Å². The zero-order valence-corrected chi connectivity index (χ0v) is 13.8. The molecule has 1 aromatic rings. The van der Waals surface area contributed by atoms with Crippen LogP contribution in [0.4, 0.5) is 0 Å². The number of aryl methyl sites for hydroxylation is 1. The molecule has 0 amide bonds. The van der Waals surface area contributed by atoms with Crippen LogP contribution in [0.15, 0.2) is 30.3 Å². The highest BCUT2D eigenvalue weighted by Gasteiger charge is 2.37. The molecule has 0 aromatic heterocycles. The maximum Gasteiger partial charge on any atom is 0.0594 e. The van der Waals surface area contributed by atoms with Crippen LogP contribution < -0.4 is 5.32 Å². The molecule has 1 saturated heterocycles. The van der Waals surface area contributed by atoms with Crippen LogP contribution in [-0.2, 0) is 11.2 Å². The Morgan fingerprint density at radius 3 is 2.48 bits per heavy atom. The standard InChI is InChI=1S/C18H30N2O/c1-4-18(2,20-12-14-21-15-13-20)17(19-3)11-10-16-8-6-5-7-9-16/h5-9,17,19H,4,10-15H2,1-3H3. The van der Waals surface area contributed by atoms with E-state index in [9.17, 15) is 0 Å². The van der Waals surface area contributed by atoms with Crippen LogP contribution in [0.1, 0.15) is 32.3 Å². The lowest BCUT2D eigenvalue weighted by molar-refractivity contribution is -0.0323. The summed E-state index contributed by atoms with van der Waals surface area (Å²) >= 11 is 0. The lowest BCUT2D eigenvalue weighted by Crippen LogP contribution is -2.61. The molecule has 0 bridgehead atoms. The molecule has 3 heteroatoms. The van der Waals surface area contributed by atoms with Crippen molar-refractivity contribution in [3.05, 3.63) is 35.9 Å². The number of nitrogens with zero attached hydrogens (tertiary/aromatic N) is 1. The van der Waals surface area contributed by atoms with E-state index in [-0.39, 0.29) is 5.54 Å². The number of morpholine rings is 1. The van der Waals surface area contributed by atoms with Crippen LogP contribution >= 0.6 is 0 Å². The first kappa shape index (κ1) is 16.5. The van der Waals surface area contributed by atoms with Crippen molar-refractivity contribution in [2.24, 2.45) is 0 Å². The molecular weight excluding hydrogens is 260 g/mol. The molecule has 1 heterocycles. The molecular formula is C18H30N2O. The zero-order chi connectivity index (χ0) is 15.1. The molecule has 1 aliphatic rings. The van der Waals surface area contributed by atoms with E-state index in [2.05, 4.69) is 61.4 Å². The maximum atomic E-state index is 5.52. The largest absolute Gasteiger partial charge is 0.379 e. The van der Waals surface area contributed by atoms with Gasteiger partial charge >= 0.3 is 0 Å². The fraction of sp³-hybridized carbons (Fsp3) is 0.667. The van der Waals surface area contributed by atoms with Gasteiger partial charge in [-0.2, -0.15) is 0 Å². The van der Waals surface area contributed by atoms with Gasteiger partial charge in [0.1, 0.15) is 0 Å². The van der Waals surface area contributed by atoms with E-state index in [4.69, 9.17) is 4.74 Å². The number of nitrogens with one attached hydrogen (secondary N) is 1. The van der Waals surface area contributed by atoms with Crippen LogP contribution in [0.25, 0.3) is 0 Å². The molecule has 118 valence electrons. The topological polar surface area (TPSA) is 24.5 Å². The molecule has 3 nitrogen and oxygen atoms in total. The summed E-state index contributed by atoms with van der Waals surface area (Å²) in [4.78, 5) is 2.61. The van der Waals surface area contributed by atoms with E-state index in [0.717, 1.165) is 39.1 Å².